The number of carbonyl (C=O) groups excluding carboxylic acids is 1. The number of nitrogens with zero attached hydrogens (tertiary/aromatic N) is 3. The van der Waals surface area contributed by atoms with Crippen LogP contribution in [0, 0.1) is 5.82 Å². The molecule has 0 bridgehead atoms. The quantitative estimate of drug-likeness (QED) is 0.788. The number of nitrogens with one attached hydrogen (secondary N) is 1. The lowest BCUT2D eigenvalue weighted by Gasteiger charge is -2.07. The number of aryl methyl sites for hydroxylation is 2. The van der Waals surface area contributed by atoms with Crippen LogP contribution in [0.5, 0.6) is 0 Å². The van der Waals surface area contributed by atoms with Crippen LogP contribution in [0.15, 0.2) is 29.3 Å². The van der Waals surface area contributed by atoms with Gasteiger partial charge >= 0.3 is 5.69 Å². The number of carbonyl (C=O) groups is 1. The molecule has 2 aromatic rings. The molecule has 1 aromatic carbocycles. The molecule has 1 heterocycles. The molecule has 2 rings (SSSR count). The monoisotopic (exact) mass is 279 g/mol. The van der Waals surface area contributed by atoms with E-state index >= 15 is 0 Å². The Bertz CT molecular complexity index is 691. The molecule has 7 nitrogen and oxygen atoms in total. The molecule has 106 valence electrons. The van der Waals surface area contributed by atoms with Crippen molar-refractivity contribution >= 4 is 17.3 Å². The summed E-state index contributed by atoms with van der Waals surface area (Å²) in [7, 11) is 1.56. The molecule has 0 atom stereocenters. The first kappa shape index (κ1) is 13.8. The Balaban J connectivity index is 1.98. The van der Waals surface area contributed by atoms with Gasteiger partial charge in [-0.05, 0) is 18.2 Å². The van der Waals surface area contributed by atoms with E-state index in [9.17, 15) is 14.0 Å². The molecule has 0 saturated carbocycles. The van der Waals surface area contributed by atoms with Crippen LogP contribution in [-0.4, -0.2) is 20.3 Å². The van der Waals surface area contributed by atoms with Gasteiger partial charge in [-0.15, -0.1) is 0 Å². The fourth-order valence-corrected chi connectivity index (χ4v) is 1.63. The number of rotatable bonds is 4. The van der Waals surface area contributed by atoms with Crippen LogP contribution >= 0.6 is 0 Å². The second-order valence-corrected chi connectivity index (χ2v) is 4.29. The summed E-state index contributed by atoms with van der Waals surface area (Å²) in [5, 5.41) is 6.22. The third-order valence-corrected chi connectivity index (χ3v) is 2.70. The van der Waals surface area contributed by atoms with Crippen LogP contribution < -0.4 is 16.7 Å². The topological polar surface area (TPSA) is 94.9 Å². The summed E-state index contributed by atoms with van der Waals surface area (Å²) >= 11 is 0. The SMILES string of the molecule is Cn1cnn(CCC(=O)Nc2cc(N)ccc2F)c1=O. The molecule has 0 saturated heterocycles. The molecule has 0 radical (unpaired) electrons. The highest BCUT2D eigenvalue weighted by molar-refractivity contribution is 5.91. The number of amides is 1. The van der Waals surface area contributed by atoms with Gasteiger partial charge in [-0.1, -0.05) is 0 Å². The summed E-state index contributed by atoms with van der Waals surface area (Å²) in [6.07, 6.45) is 1.36. The van der Waals surface area contributed by atoms with Gasteiger partial charge in [0.05, 0.1) is 12.2 Å². The highest BCUT2D eigenvalue weighted by Crippen LogP contribution is 2.17. The fraction of sp³-hybridized carbons (Fsp3) is 0.250. The first-order valence-electron chi connectivity index (χ1n) is 5.90. The van der Waals surface area contributed by atoms with Crippen LogP contribution in [0.2, 0.25) is 0 Å². The zero-order chi connectivity index (χ0) is 14.7. The van der Waals surface area contributed by atoms with E-state index in [4.69, 9.17) is 5.73 Å². The summed E-state index contributed by atoms with van der Waals surface area (Å²) in [4.78, 5) is 23.2. The second-order valence-electron chi connectivity index (χ2n) is 4.29. The first-order chi connectivity index (χ1) is 9.47. The number of nitrogens with two attached hydrogens (primary N) is 1. The highest BCUT2D eigenvalue weighted by atomic mass is 19.1. The Morgan fingerprint density at radius 1 is 1.50 bits per heavy atom. The van der Waals surface area contributed by atoms with Gasteiger partial charge < -0.3 is 11.1 Å². The normalized spacial score (nSPS) is 10.5. The smallest absolute Gasteiger partial charge is 0.345 e. The summed E-state index contributed by atoms with van der Waals surface area (Å²) in [5.41, 5.74) is 5.57. The van der Waals surface area contributed by atoms with Gasteiger partial charge in [-0.2, -0.15) is 5.10 Å². The predicted octanol–water partition coefficient (Wildman–Crippen LogP) is 0.332. The average molecular weight is 279 g/mol. The lowest BCUT2D eigenvalue weighted by atomic mass is 10.2. The number of anilines is 2. The molecule has 8 heteroatoms. The largest absolute Gasteiger partial charge is 0.399 e. The van der Waals surface area contributed by atoms with Gasteiger partial charge in [-0.25, -0.2) is 13.9 Å². The van der Waals surface area contributed by atoms with Crippen molar-refractivity contribution < 1.29 is 9.18 Å². The fourth-order valence-electron chi connectivity index (χ4n) is 1.63. The van der Waals surface area contributed by atoms with Crippen LogP contribution in [0.25, 0.3) is 0 Å². The summed E-state index contributed by atoms with van der Waals surface area (Å²) in [5.74, 6) is -0.991. The average Bonchev–Trinajstić information content (AvgIpc) is 2.72. The molecule has 3 N–H and O–H groups in total. The predicted molar refractivity (Wildman–Crippen MR) is 71.5 cm³/mol. The van der Waals surface area contributed by atoms with Crippen LogP contribution in [-0.2, 0) is 18.4 Å². The Kier molecular flexibility index (Phi) is 3.83. The maximum absolute atomic E-state index is 13.4. The van der Waals surface area contributed by atoms with Gasteiger partial charge in [0, 0.05) is 19.2 Å². The Labute approximate surface area is 113 Å². The van der Waals surface area contributed by atoms with Crippen LogP contribution in [0.4, 0.5) is 15.8 Å². The molecule has 1 amide bonds. The Morgan fingerprint density at radius 3 is 2.90 bits per heavy atom. The Morgan fingerprint density at radius 2 is 2.25 bits per heavy atom. The van der Waals surface area contributed by atoms with E-state index < -0.39 is 11.7 Å². The van der Waals surface area contributed by atoms with Gasteiger partial charge in [-0.3, -0.25) is 9.36 Å². The van der Waals surface area contributed by atoms with Crippen molar-refractivity contribution in [2.45, 2.75) is 13.0 Å². The molecule has 0 aliphatic carbocycles. The third kappa shape index (κ3) is 3.02. The zero-order valence-electron chi connectivity index (χ0n) is 10.8. The van der Waals surface area contributed by atoms with Crippen LogP contribution in [0.1, 0.15) is 6.42 Å². The second kappa shape index (κ2) is 5.55. The standard InChI is InChI=1S/C12H14FN5O2/c1-17-7-15-18(12(17)20)5-4-11(19)16-10-6-8(14)2-3-9(10)13/h2-3,6-7H,4-5,14H2,1H3,(H,16,19). The van der Waals surface area contributed by atoms with E-state index in [1.165, 1.54) is 29.1 Å². The minimum absolute atomic E-state index is 0.00512. The van der Waals surface area contributed by atoms with Crippen molar-refractivity contribution in [2.24, 2.45) is 7.05 Å². The van der Waals surface area contributed by atoms with Crippen molar-refractivity contribution in [1.29, 1.82) is 0 Å². The first-order valence-corrected chi connectivity index (χ1v) is 5.90. The summed E-state index contributed by atoms with van der Waals surface area (Å²) in [6.45, 7) is 0.120. The molecule has 0 fully saturated rings. The highest BCUT2D eigenvalue weighted by Gasteiger charge is 2.09. The molecule has 0 aliphatic heterocycles. The number of nitrogen functional groups attached to an aromatic ring is 1. The maximum atomic E-state index is 13.4. The van der Waals surface area contributed by atoms with E-state index in [1.807, 2.05) is 0 Å². The van der Waals surface area contributed by atoms with E-state index in [1.54, 1.807) is 7.05 Å². The van der Waals surface area contributed by atoms with Crippen molar-refractivity contribution in [3.63, 3.8) is 0 Å². The molecule has 0 unspecified atom stereocenters. The number of hydrogen-bond donors (Lipinski definition) is 2. The molecule has 20 heavy (non-hydrogen) atoms. The van der Waals surface area contributed by atoms with Gasteiger partial charge in [0.2, 0.25) is 5.91 Å². The molecule has 0 aliphatic rings. The minimum Gasteiger partial charge on any atom is -0.399 e. The summed E-state index contributed by atoms with van der Waals surface area (Å²) in [6, 6.07) is 3.91. The van der Waals surface area contributed by atoms with E-state index in [-0.39, 0.29) is 24.3 Å². The van der Waals surface area contributed by atoms with Crippen LogP contribution in [0.3, 0.4) is 0 Å². The van der Waals surface area contributed by atoms with E-state index in [0.717, 1.165) is 4.68 Å². The van der Waals surface area contributed by atoms with E-state index in [2.05, 4.69) is 10.4 Å². The van der Waals surface area contributed by atoms with Crippen molar-refractivity contribution in [3.05, 3.63) is 40.8 Å². The summed E-state index contributed by atoms with van der Waals surface area (Å²) < 4.78 is 15.9. The van der Waals surface area contributed by atoms with Gasteiger partial charge in [0.15, 0.2) is 0 Å². The number of benzene rings is 1. The molecule has 0 spiro atoms. The van der Waals surface area contributed by atoms with Crippen molar-refractivity contribution in [1.82, 2.24) is 14.3 Å². The number of hydrogen-bond acceptors (Lipinski definition) is 4. The molecular weight excluding hydrogens is 265 g/mol. The third-order valence-electron chi connectivity index (χ3n) is 2.70. The lowest BCUT2D eigenvalue weighted by molar-refractivity contribution is -0.116. The van der Waals surface area contributed by atoms with Crippen molar-refractivity contribution in [3.8, 4) is 0 Å². The minimum atomic E-state index is -0.567. The van der Waals surface area contributed by atoms with E-state index in [0.29, 0.717) is 5.69 Å². The van der Waals surface area contributed by atoms with Crippen molar-refractivity contribution in [2.75, 3.05) is 11.1 Å². The number of halogens is 1. The zero-order valence-corrected chi connectivity index (χ0v) is 10.8. The Hall–Kier alpha value is -2.64. The molecule has 1 aromatic heterocycles. The maximum Gasteiger partial charge on any atom is 0.345 e. The lowest BCUT2D eigenvalue weighted by Crippen LogP contribution is -2.25. The number of aromatic nitrogens is 3. The van der Waals surface area contributed by atoms with Gasteiger partial charge in [0.1, 0.15) is 12.1 Å². The van der Waals surface area contributed by atoms with Gasteiger partial charge in [0.25, 0.3) is 0 Å². The molecular formula is C12H14FN5O2.